The van der Waals surface area contributed by atoms with Crippen molar-refractivity contribution in [2.75, 3.05) is 13.1 Å². The lowest BCUT2D eigenvalue weighted by Crippen LogP contribution is -2.38. The average molecular weight is 233 g/mol. The Morgan fingerprint density at radius 3 is 2.56 bits per heavy atom. The minimum atomic E-state index is -4.03. The summed E-state index contributed by atoms with van der Waals surface area (Å²) in [6.45, 7) is 1.70. The van der Waals surface area contributed by atoms with Gasteiger partial charge >= 0.3 is 6.18 Å². The van der Waals surface area contributed by atoms with Gasteiger partial charge in [-0.05, 0) is 25.9 Å². The number of hydrogen-bond acceptors (Lipinski definition) is 2. The number of aromatic nitrogens is 2. The predicted molar refractivity (Wildman–Crippen MR) is 52.6 cm³/mol. The quantitative estimate of drug-likeness (QED) is 0.849. The highest BCUT2D eigenvalue weighted by Crippen LogP contribution is 2.34. The molecular formula is C10H14F3N3. The van der Waals surface area contributed by atoms with E-state index >= 15 is 0 Å². The molecule has 1 N–H and O–H groups in total. The lowest BCUT2D eigenvalue weighted by Gasteiger charge is -2.32. The molecule has 0 bridgehead atoms. The van der Waals surface area contributed by atoms with E-state index in [2.05, 4.69) is 10.2 Å². The van der Waals surface area contributed by atoms with E-state index in [9.17, 15) is 13.2 Å². The molecule has 16 heavy (non-hydrogen) atoms. The Morgan fingerprint density at radius 1 is 1.38 bits per heavy atom. The zero-order valence-electron chi connectivity index (χ0n) is 8.80. The van der Waals surface area contributed by atoms with Crippen molar-refractivity contribution in [2.24, 2.45) is 5.92 Å². The number of nitrogens with one attached hydrogen (secondary N) is 1. The molecule has 0 unspecified atom stereocenters. The Hall–Kier alpha value is -1.04. The smallest absolute Gasteiger partial charge is 0.299 e. The lowest BCUT2D eigenvalue weighted by molar-refractivity contribution is -0.185. The highest BCUT2D eigenvalue weighted by Gasteiger charge is 2.40. The summed E-state index contributed by atoms with van der Waals surface area (Å²) in [5.41, 5.74) is 1.02. The zero-order valence-corrected chi connectivity index (χ0v) is 8.80. The van der Waals surface area contributed by atoms with E-state index in [1.54, 1.807) is 12.4 Å². The molecule has 6 heteroatoms. The SMILES string of the molecule is FC(F)(F)C1CCN(Cc2cn[nH]c2)CC1. The fourth-order valence-electron chi connectivity index (χ4n) is 2.04. The molecule has 1 aromatic heterocycles. The molecule has 3 nitrogen and oxygen atoms in total. The first-order valence-corrected chi connectivity index (χ1v) is 5.32. The van der Waals surface area contributed by atoms with Crippen LogP contribution in [0.25, 0.3) is 0 Å². The van der Waals surface area contributed by atoms with Crippen LogP contribution in [-0.2, 0) is 6.54 Å². The van der Waals surface area contributed by atoms with Crippen LogP contribution in [0.15, 0.2) is 12.4 Å². The number of nitrogens with zero attached hydrogens (tertiary/aromatic N) is 2. The van der Waals surface area contributed by atoms with E-state index in [-0.39, 0.29) is 12.8 Å². The van der Waals surface area contributed by atoms with E-state index in [0.717, 1.165) is 5.56 Å². The van der Waals surface area contributed by atoms with Crippen molar-refractivity contribution in [3.8, 4) is 0 Å². The Kier molecular flexibility index (Phi) is 3.18. The molecule has 0 atom stereocenters. The number of H-pyrrole nitrogens is 1. The second kappa shape index (κ2) is 4.45. The Labute approximate surface area is 91.6 Å². The number of hydrogen-bond donors (Lipinski definition) is 1. The minimum absolute atomic E-state index is 0.210. The summed E-state index contributed by atoms with van der Waals surface area (Å²) in [6, 6.07) is 0. The summed E-state index contributed by atoms with van der Waals surface area (Å²) < 4.78 is 37.2. The maximum Gasteiger partial charge on any atom is 0.391 e. The standard InChI is InChI=1S/C10H14F3N3/c11-10(12,13)9-1-3-16(4-2-9)7-8-5-14-15-6-8/h5-6,9H,1-4,7H2,(H,14,15). The van der Waals surface area contributed by atoms with Gasteiger partial charge in [-0.3, -0.25) is 10.00 Å². The summed E-state index contributed by atoms with van der Waals surface area (Å²) >= 11 is 0. The molecular weight excluding hydrogens is 219 g/mol. The first-order chi connectivity index (χ1) is 7.55. The minimum Gasteiger partial charge on any atom is -0.299 e. The van der Waals surface area contributed by atoms with Crippen LogP contribution in [0, 0.1) is 5.92 Å². The van der Waals surface area contributed by atoms with E-state index in [1.165, 1.54) is 0 Å². The van der Waals surface area contributed by atoms with Crippen LogP contribution in [0.4, 0.5) is 13.2 Å². The highest BCUT2D eigenvalue weighted by atomic mass is 19.4. The van der Waals surface area contributed by atoms with Crippen LogP contribution in [0.2, 0.25) is 0 Å². The summed E-state index contributed by atoms with van der Waals surface area (Å²) in [5.74, 6) is -1.12. The Morgan fingerprint density at radius 2 is 2.06 bits per heavy atom. The third-order valence-corrected chi connectivity index (χ3v) is 3.01. The molecule has 1 aliphatic heterocycles. The number of likely N-dealkylation sites (tertiary alicyclic amines) is 1. The van der Waals surface area contributed by atoms with Gasteiger partial charge in [0.25, 0.3) is 0 Å². The zero-order chi connectivity index (χ0) is 11.6. The van der Waals surface area contributed by atoms with Crippen molar-refractivity contribution in [1.29, 1.82) is 0 Å². The summed E-state index contributed by atoms with van der Waals surface area (Å²) in [6.07, 6.45) is -0.129. The van der Waals surface area contributed by atoms with Crippen LogP contribution in [0.5, 0.6) is 0 Å². The van der Waals surface area contributed by atoms with Gasteiger partial charge in [-0.1, -0.05) is 0 Å². The van der Waals surface area contributed by atoms with E-state index in [0.29, 0.717) is 19.6 Å². The monoisotopic (exact) mass is 233 g/mol. The van der Waals surface area contributed by atoms with Gasteiger partial charge in [-0.15, -0.1) is 0 Å². The Bertz CT molecular complexity index is 313. The van der Waals surface area contributed by atoms with Gasteiger partial charge in [-0.25, -0.2) is 0 Å². The second-order valence-corrected chi connectivity index (χ2v) is 4.20. The number of piperidine rings is 1. The van der Waals surface area contributed by atoms with Crippen LogP contribution in [-0.4, -0.2) is 34.4 Å². The second-order valence-electron chi connectivity index (χ2n) is 4.20. The molecule has 0 spiro atoms. The maximum atomic E-state index is 12.4. The van der Waals surface area contributed by atoms with Crippen molar-refractivity contribution in [1.82, 2.24) is 15.1 Å². The molecule has 2 heterocycles. The normalized spacial score (nSPS) is 20.2. The third-order valence-electron chi connectivity index (χ3n) is 3.01. The van der Waals surface area contributed by atoms with Gasteiger partial charge in [0.15, 0.2) is 0 Å². The van der Waals surface area contributed by atoms with Crippen LogP contribution in [0.1, 0.15) is 18.4 Å². The molecule has 0 aromatic carbocycles. The topological polar surface area (TPSA) is 31.9 Å². The average Bonchev–Trinajstić information content (AvgIpc) is 2.70. The highest BCUT2D eigenvalue weighted by molar-refractivity contribution is 5.02. The van der Waals surface area contributed by atoms with Gasteiger partial charge in [-0.2, -0.15) is 18.3 Å². The van der Waals surface area contributed by atoms with E-state index in [4.69, 9.17) is 0 Å². The summed E-state index contributed by atoms with van der Waals surface area (Å²) in [5, 5.41) is 6.51. The molecule has 1 aliphatic rings. The molecule has 0 saturated carbocycles. The predicted octanol–water partition coefficient (Wildman–Crippen LogP) is 2.18. The fourth-order valence-corrected chi connectivity index (χ4v) is 2.04. The maximum absolute atomic E-state index is 12.4. The molecule has 1 aromatic rings. The van der Waals surface area contributed by atoms with Crippen molar-refractivity contribution in [3.63, 3.8) is 0 Å². The van der Waals surface area contributed by atoms with Crippen LogP contribution in [0.3, 0.4) is 0 Å². The van der Waals surface area contributed by atoms with E-state index < -0.39 is 12.1 Å². The number of aromatic amines is 1. The largest absolute Gasteiger partial charge is 0.391 e. The number of halogens is 3. The van der Waals surface area contributed by atoms with Gasteiger partial charge in [0.2, 0.25) is 0 Å². The van der Waals surface area contributed by atoms with Crippen molar-refractivity contribution < 1.29 is 13.2 Å². The first kappa shape index (κ1) is 11.4. The van der Waals surface area contributed by atoms with Crippen LogP contribution < -0.4 is 0 Å². The molecule has 1 fully saturated rings. The number of alkyl halides is 3. The van der Waals surface area contributed by atoms with Crippen molar-refractivity contribution in [3.05, 3.63) is 18.0 Å². The fraction of sp³-hybridized carbons (Fsp3) is 0.700. The first-order valence-electron chi connectivity index (χ1n) is 5.32. The van der Waals surface area contributed by atoms with Crippen LogP contribution >= 0.6 is 0 Å². The van der Waals surface area contributed by atoms with Gasteiger partial charge in [0, 0.05) is 18.3 Å². The van der Waals surface area contributed by atoms with Crippen molar-refractivity contribution >= 4 is 0 Å². The molecule has 2 rings (SSSR count). The Balaban J connectivity index is 1.82. The van der Waals surface area contributed by atoms with E-state index in [1.807, 2.05) is 4.90 Å². The molecule has 0 aliphatic carbocycles. The molecule has 90 valence electrons. The van der Waals surface area contributed by atoms with Gasteiger partial charge in [0.05, 0.1) is 12.1 Å². The summed E-state index contributed by atoms with van der Waals surface area (Å²) in [4.78, 5) is 2.03. The van der Waals surface area contributed by atoms with Gasteiger partial charge < -0.3 is 0 Å². The number of rotatable bonds is 2. The molecule has 1 saturated heterocycles. The molecule has 0 amide bonds. The molecule has 0 radical (unpaired) electrons. The third kappa shape index (κ3) is 2.75. The van der Waals surface area contributed by atoms with Crippen molar-refractivity contribution in [2.45, 2.75) is 25.6 Å². The summed E-state index contributed by atoms with van der Waals surface area (Å²) in [7, 11) is 0. The lowest BCUT2D eigenvalue weighted by atomic mass is 9.96. The van der Waals surface area contributed by atoms with Gasteiger partial charge in [0.1, 0.15) is 0 Å².